The summed E-state index contributed by atoms with van der Waals surface area (Å²) in [4.78, 5) is 66.8. The Kier molecular flexibility index (Phi) is 7.26. The average molecular weight is 606 g/mol. The van der Waals surface area contributed by atoms with Gasteiger partial charge in [0.15, 0.2) is 10.9 Å². The summed E-state index contributed by atoms with van der Waals surface area (Å²) in [6.07, 6.45) is 0.994. The van der Waals surface area contributed by atoms with E-state index in [0.717, 1.165) is 40.9 Å². The Morgan fingerprint density at radius 3 is 2.12 bits per heavy atom. The fraction of sp³-hybridized carbons (Fsp3) is 0.107. The van der Waals surface area contributed by atoms with Gasteiger partial charge in [-0.1, -0.05) is 53.3 Å². The van der Waals surface area contributed by atoms with E-state index in [1.165, 1.54) is 36.4 Å². The molecule has 1 fully saturated rings. The van der Waals surface area contributed by atoms with Crippen molar-refractivity contribution in [2.24, 2.45) is 5.92 Å². The number of ketones is 2. The van der Waals surface area contributed by atoms with E-state index in [0.29, 0.717) is 11.3 Å². The van der Waals surface area contributed by atoms with E-state index in [1.54, 1.807) is 12.1 Å². The van der Waals surface area contributed by atoms with Crippen LogP contribution in [0.15, 0.2) is 88.1 Å². The van der Waals surface area contributed by atoms with E-state index < -0.39 is 50.2 Å². The molecule has 1 aliphatic heterocycles. The first-order valence-corrected chi connectivity index (χ1v) is 14.5. The van der Waals surface area contributed by atoms with Crippen LogP contribution in [0.25, 0.3) is 0 Å². The normalized spacial score (nSPS) is 16.9. The zero-order valence-corrected chi connectivity index (χ0v) is 23.2. The Balaban J connectivity index is 1.58. The molecule has 1 aliphatic rings. The quantitative estimate of drug-likeness (QED) is 0.101. The maximum Gasteiger partial charge on any atom is 0.335 e. The maximum absolute atomic E-state index is 13.6. The Morgan fingerprint density at radius 2 is 1.55 bits per heavy atom. The maximum atomic E-state index is 13.6. The number of aromatic nitrogens is 1. The number of carbonyl (C=O) groups excluding carboxylic acids is 3. The number of thiazole rings is 1. The first kappa shape index (κ1) is 28.4. The van der Waals surface area contributed by atoms with Gasteiger partial charge in [0.2, 0.25) is 15.6 Å². The molecule has 0 spiro atoms. The summed E-state index contributed by atoms with van der Waals surface area (Å²) in [6.45, 7) is 1.82. The number of benzene rings is 3. The number of hydrogen-bond acceptors (Lipinski definition) is 10. The van der Waals surface area contributed by atoms with Gasteiger partial charge in [-0.3, -0.25) is 29.4 Å². The lowest BCUT2D eigenvalue weighted by Gasteiger charge is -2.25. The lowest BCUT2D eigenvalue weighted by atomic mass is 9.86. The van der Waals surface area contributed by atoms with E-state index in [4.69, 9.17) is 0 Å². The van der Waals surface area contributed by atoms with Gasteiger partial charge in [0.1, 0.15) is 10.1 Å². The van der Waals surface area contributed by atoms with Crippen LogP contribution in [0, 0.1) is 23.0 Å². The highest BCUT2D eigenvalue weighted by molar-refractivity contribution is 7.93. The van der Waals surface area contributed by atoms with Gasteiger partial charge in [-0.15, -0.1) is 0 Å². The van der Waals surface area contributed by atoms with E-state index in [1.807, 2.05) is 6.92 Å². The molecule has 1 saturated heterocycles. The van der Waals surface area contributed by atoms with Crippen LogP contribution < -0.4 is 4.90 Å². The van der Waals surface area contributed by atoms with Crippen LogP contribution in [-0.4, -0.2) is 46.9 Å². The molecular weight excluding hydrogens is 586 g/mol. The van der Waals surface area contributed by atoms with E-state index in [-0.39, 0.29) is 36.6 Å². The molecule has 1 amide bonds. The summed E-state index contributed by atoms with van der Waals surface area (Å²) in [6, 6.07) is 14.7. The monoisotopic (exact) mass is 605 g/mol. The zero-order valence-electron chi connectivity index (χ0n) is 21.5. The summed E-state index contributed by atoms with van der Waals surface area (Å²) in [5, 5.41) is 20.1. The van der Waals surface area contributed by atoms with E-state index >= 15 is 0 Å². The molecular formula is C28H19N3O9S2. The van der Waals surface area contributed by atoms with Crippen LogP contribution in [0.1, 0.15) is 37.9 Å². The summed E-state index contributed by atoms with van der Waals surface area (Å²) < 4.78 is 26.2. The lowest BCUT2D eigenvalue weighted by molar-refractivity contribution is -0.384. The first-order valence-electron chi connectivity index (χ1n) is 12.2. The van der Waals surface area contributed by atoms with Gasteiger partial charge < -0.3 is 5.11 Å². The van der Waals surface area contributed by atoms with Crippen molar-refractivity contribution in [3.05, 3.63) is 111 Å². The number of amides is 1. The molecule has 14 heteroatoms. The molecule has 1 aromatic heterocycles. The van der Waals surface area contributed by atoms with Gasteiger partial charge in [0.25, 0.3) is 11.6 Å². The van der Waals surface area contributed by atoms with Crippen LogP contribution >= 0.6 is 11.3 Å². The fourth-order valence-electron chi connectivity index (χ4n) is 4.55. The molecule has 212 valence electrons. The number of non-ortho nitro benzene ring substituents is 1. The second-order valence-corrected chi connectivity index (χ2v) is 12.5. The minimum atomic E-state index is -4.22. The minimum Gasteiger partial charge on any atom is -0.478 e. The summed E-state index contributed by atoms with van der Waals surface area (Å²) in [7, 11) is -4.22. The summed E-state index contributed by atoms with van der Waals surface area (Å²) in [5.41, 5.74) is 0.947. The average Bonchev–Trinajstić information content (AvgIpc) is 3.56. The standard InChI is InChI=1S/C28H19N3O9S2/c1-15-2-4-17(5-3-15)24(32)22-23(16-6-8-18(9-7-16)27(35)36)30(26(34)25(22)33)28-29-14-21(41-28)42(39,40)20-12-10-19(11-13-20)31(37)38/h2-14,22-23H,1H3,(H,35,36). The summed E-state index contributed by atoms with van der Waals surface area (Å²) >= 11 is 0.581. The van der Waals surface area contributed by atoms with Crippen molar-refractivity contribution in [3.63, 3.8) is 0 Å². The Labute approximate surface area is 241 Å². The molecule has 2 unspecified atom stereocenters. The minimum absolute atomic E-state index is 0.0620. The number of nitrogens with zero attached hydrogens (tertiary/aromatic N) is 3. The van der Waals surface area contributed by atoms with Gasteiger partial charge in [-0.2, -0.15) is 0 Å². The third-order valence-electron chi connectivity index (χ3n) is 6.72. The second-order valence-electron chi connectivity index (χ2n) is 9.34. The second kappa shape index (κ2) is 10.7. The molecule has 0 radical (unpaired) electrons. The molecule has 0 aliphatic carbocycles. The van der Waals surface area contributed by atoms with Crippen LogP contribution in [0.4, 0.5) is 10.8 Å². The van der Waals surface area contributed by atoms with Crippen molar-refractivity contribution in [3.8, 4) is 0 Å². The number of aryl methyl sites for hydroxylation is 1. The topological polar surface area (TPSA) is 182 Å². The lowest BCUT2D eigenvalue weighted by Crippen LogP contribution is -2.30. The molecule has 5 rings (SSSR count). The number of nitro groups is 1. The smallest absolute Gasteiger partial charge is 0.335 e. The number of carboxylic acids is 1. The van der Waals surface area contributed by atoms with Crippen molar-refractivity contribution >= 4 is 55.4 Å². The predicted octanol–water partition coefficient (Wildman–Crippen LogP) is 4.05. The third kappa shape index (κ3) is 4.97. The molecule has 1 N–H and O–H groups in total. The van der Waals surface area contributed by atoms with Crippen molar-refractivity contribution in [1.29, 1.82) is 0 Å². The number of rotatable bonds is 8. The van der Waals surface area contributed by atoms with Crippen LogP contribution in [-0.2, 0) is 19.4 Å². The van der Waals surface area contributed by atoms with Crippen molar-refractivity contribution in [1.82, 2.24) is 4.98 Å². The Morgan fingerprint density at radius 1 is 0.952 bits per heavy atom. The van der Waals surface area contributed by atoms with Gasteiger partial charge in [0.05, 0.1) is 27.6 Å². The van der Waals surface area contributed by atoms with E-state index in [9.17, 15) is 42.8 Å². The number of carboxylic acid groups (broad SMARTS) is 1. The number of hydrogen-bond donors (Lipinski definition) is 1. The Bertz CT molecular complexity index is 1860. The van der Waals surface area contributed by atoms with Gasteiger partial charge in [-0.05, 0) is 36.8 Å². The third-order valence-corrected chi connectivity index (χ3v) is 9.95. The predicted molar refractivity (Wildman–Crippen MR) is 148 cm³/mol. The van der Waals surface area contributed by atoms with Crippen molar-refractivity contribution in [2.75, 3.05) is 4.90 Å². The number of sulfone groups is 1. The first-order chi connectivity index (χ1) is 19.9. The van der Waals surface area contributed by atoms with Crippen LogP contribution in [0.5, 0.6) is 0 Å². The molecule has 42 heavy (non-hydrogen) atoms. The molecule has 2 atom stereocenters. The molecule has 4 aromatic rings. The van der Waals surface area contributed by atoms with Gasteiger partial charge in [0, 0.05) is 17.7 Å². The Hall–Kier alpha value is -5.08. The van der Waals surface area contributed by atoms with Crippen LogP contribution in [0.3, 0.4) is 0 Å². The number of anilines is 1. The SMILES string of the molecule is Cc1ccc(C(=O)C2C(=O)C(=O)N(c3ncc(S(=O)(=O)c4ccc([N+](=O)[O-])cc4)s3)C2c2ccc(C(=O)O)cc2)cc1. The molecule has 2 heterocycles. The van der Waals surface area contributed by atoms with Crippen molar-refractivity contribution in [2.45, 2.75) is 22.1 Å². The molecule has 0 bridgehead atoms. The number of Topliss-reactive ketones (excluding diaryl/α,β-unsaturated/α-hetero) is 2. The molecule has 3 aromatic carbocycles. The van der Waals surface area contributed by atoms with E-state index in [2.05, 4.69) is 4.98 Å². The molecule has 0 saturated carbocycles. The number of nitro benzene ring substituents is 1. The zero-order chi connectivity index (χ0) is 30.3. The van der Waals surface area contributed by atoms with Gasteiger partial charge in [-0.25, -0.2) is 18.2 Å². The highest BCUT2D eigenvalue weighted by Crippen LogP contribution is 2.43. The van der Waals surface area contributed by atoms with Gasteiger partial charge >= 0.3 is 5.97 Å². The van der Waals surface area contributed by atoms with Crippen molar-refractivity contribution < 1.29 is 37.6 Å². The number of aromatic carboxylic acids is 1. The van der Waals surface area contributed by atoms with Crippen LogP contribution in [0.2, 0.25) is 0 Å². The highest BCUT2D eigenvalue weighted by Gasteiger charge is 2.53. The molecule has 12 nitrogen and oxygen atoms in total. The number of carbonyl (C=O) groups is 4. The fourth-order valence-corrected chi connectivity index (χ4v) is 7.10. The largest absolute Gasteiger partial charge is 0.478 e. The summed E-state index contributed by atoms with van der Waals surface area (Å²) in [5.74, 6) is -5.47. The highest BCUT2D eigenvalue weighted by atomic mass is 32.2.